The first kappa shape index (κ1) is 24.3. The minimum Gasteiger partial charge on any atom is -0.445 e. The third-order valence-corrected chi connectivity index (χ3v) is 8.04. The van der Waals surface area contributed by atoms with Crippen LogP contribution >= 0.6 is 11.3 Å². The van der Waals surface area contributed by atoms with Crippen LogP contribution in [0.1, 0.15) is 38.0 Å². The van der Waals surface area contributed by atoms with Crippen LogP contribution in [0.4, 0.5) is 4.79 Å². The van der Waals surface area contributed by atoms with E-state index in [4.69, 9.17) is 4.74 Å². The fraction of sp³-hybridized carbons (Fsp3) is 0.545. The number of nitrogens with one attached hydrogen (secondary N) is 1. The highest BCUT2D eigenvalue weighted by molar-refractivity contribution is 7.86. The second-order valence-electron chi connectivity index (χ2n) is 8.28. The molecule has 3 atom stereocenters. The van der Waals surface area contributed by atoms with E-state index < -0.39 is 28.2 Å². The van der Waals surface area contributed by atoms with Crippen LogP contribution in [0.2, 0.25) is 0 Å². The second kappa shape index (κ2) is 11.0. The Morgan fingerprint density at radius 3 is 2.81 bits per heavy atom. The van der Waals surface area contributed by atoms with Crippen molar-refractivity contribution in [3.05, 3.63) is 34.2 Å². The molecular formula is C22H28N2O6S2. The summed E-state index contributed by atoms with van der Waals surface area (Å²) in [6, 6.07) is 3.76. The molecule has 3 heterocycles. The predicted octanol–water partition coefficient (Wildman–Crippen LogP) is 2.41. The second-order valence-corrected chi connectivity index (χ2v) is 10.8. The van der Waals surface area contributed by atoms with E-state index in [1.807, 2.05) is 31.4 Å². The number of carbonyl (C=O) groups excluding carboxylic acids is 4. The molecule has 0 spiro atoms. The van der Waals surface area contributed by atoms with Crippen molar-refractivity contribution in [2.75, 3.05) is 18.9 Å². The minimum absolute atomic E-state index is 0.0205. The first-order valence-electron chi connectivity index (χ1n) is 10.6. The number of rotatable bonds is 11. The predicted molar refractivity (Wildman–Crippen MR) is 121 cm³/mol. The van der Waals surface area contributed by atoms with Gasteiger partial charge < -0.3 is 15.0 Å². The lowest BCUT2D eigenvalue weighted by Crippen LogP contribution is -2.62. The molecule has 0 aliphatic carbocycles. The van der Waals surface area contributed by atoms with E-state index in [1.54, 1.807) is 6.20 Å². The van der Waals surface area contributed by atoms with Gasteiger partial charge in [-0.1, -0.05) is 19.9 Å². The van der Waals surface area contributed by atoms with E-state index in [1.165, 1.54) is 16.2 Å². The van der Waals surface area contributed by atoms with Gasteiger partial charge in [0.25, 0.3) is 0 Å². The number of alkyl carbamates (subject to hydrolysis) is 1. The molecule has 174 valence electrons. The summed E-state index contributed by atoms with van der Waals surface area (Å²) in [6.45, 7) is 3.94. The maximum absolute atomic E-state index is 12.7. The number of hydrogen-bond donors (Lipinski definition) is 1. The van der Waals surface area contributed by atoms with Crippen LogP contribution in [-0.2, 0) is 36.3 Å². The molecule has 1 fully saturated rings. The summed E-state index contributed by atoms with van der Waals surface area (Å²) in [5, 5.41) is 3.99. The van der Waals surface area contributed by atoms with Gasteiger partial charge in [0.05, 0.1) is 11.7 Å². The van der Waals surface area contributed by atoms with Crippen molar-refractivity contribution in [2.24, 2.45) is 11.8 Å². The van der Waals surface area contributed by atoms with Gasteiger partial charge in [-0.3, -0.25) is 18.6 Å². The molecule has 0 radical (unpaired) electrons. The lowest BCUT2D eigenvalue weighted by molar-refractivity contribution is -0.148. The molecule has 1 aromatic heterocycles. The molecule has 2 aliphatic heterocycles. The number of carbonyl (C=O) groups is 4. The third-order valence-electron chi connectivity index (χ3n) is 5.41. The Morgan fingerprint density at radius 1 is 1.34 bits per heavy atom. The summed E-state index contributed by atoms with van der Waals surface area (Å²) in [5.74, 6) is -0.492. The van der Waals surface area contributed by atoms with Crippen LogP contribution in [0, 0.1) is 11.8 Å². The highest BCUT2D eigenvalue weighted by Crippen LogP contribution is 2.36. The number of ether oxygens (including phenoxy) is 1. The monoisotopic (exact) mass is 480 g/mol. The zero-order valence-corrected chi connectivity index (χ0v) is 19.8. The maximum Gasteiger partial charge on any atom is 0.407 e. The Morgan fingerprint density at radius 2 is 2.12 bits per heavy atom. The van der Waals surface area contributed by atoms with Gasteiger partial charge in [0.2, 0.25) is 5.91 Å². The Hall–Kier alpha value is -2.33. The molecule has 8 nitrogen and oxygen atoms in total. The van der Waals surface area contributed by atoms with E-state index in [0.717, 1.165) is 4.88 Å². The van der Waals surface area contributed by atoms with Crippen molar-refractivity contribution in [3.63, 3.8) is 0 Å². The van der Waals surface area contributed by atoms with Crippen molar-refractivity contribution < 1.29 is 28.1 Å². The van der Waals surface area contributed by atoms with E-state index >= 15 is 0 Å². The van der Waals surface area contributed by atoms with E-state index in [2.05, 4.69) is 5.32 Å². The number of amides is 2. The molecule has 1 N–H and O–H groups in total. The molecule has 10 heteroatoms. The molecule has 2 amide bonds. The average molecular weight is 481 g/mol. The average Bonchev–Trinajstić information content (AvgIpc) is 3.26. The zero-order valence-electron chi connectivity index (χ0n) is 18.2. The fourth-order valence-corrected chi connectivity index (χ4v) is 6.07. The van der Waals surface area contributed by atoms with Gasteiger partial charge in [-0.05, 0) is 23.4 Å². The summed E-state index contributed by atoms with van der Waals surface area (Å²) >= 11 is 1.50. The first-order valence-corrected chi connectivity index (χ1v) is 12.9. The molecular weight excluding hydrogens is 452 g/mol. The van der Waals surface area contributed by atoms with Crippen LogP contribution in [0.3, 0.4) is 0 Å². The standard InChI is InChI=1S/C22H28N2O6S2/c1-14(2)19(26)6-3-7-23-22(28)30-12-15-11-24-20(27)18(21(24)32(29)13-15)10-16(25)9-17-5-4-8-31-17/h4-5,8,11,14,18,21H,3,6-7,9-10,12-13H2,1-2H3,(H,23,28). The number of thiophene rings is 1. The molecule has 1 saturated heterocycles. The Bertz CT molecular complexity index is 925. The van der Waals surface area contributed by atoms with Gasteiger partial charge in [-0.15, -0.1) is 11.3 Å². The molecule has 2 aliphatic rings. The number of nitrogens with zero attached hydrogens (tertiary/aromatic N) is 1. The molecule has 3 unspecified atom stereocenters. The van der Waals surface area contributed by atoms with Crippen LogP contribution in [0.15, 0.2) is 29.3 Å². The Kier molecular flexibility index (Phi) is 8.36. The summed E-state index contributed by atoms with van der Waals surface area (Å²) < 4.78 is 17.8. The molecule has 1 aromatic rings. The van der Waals surface area contributed by atoms with Gasteiger partial charge >= 0.3 is 6.09 Å². The van der Waals surface area contributed by atoms with E-state index in [-0.39, 0.29) is 48.6 Å². The fourth-order valence-electron chi connectivity index (χ4n) is 3.64. The molecule has 0 bridgehead atoms. The van der Waals surface area contributed by atoms with E-state index in [9.17, 15) is 23.4 Å². The molecule has 32 heavy (non-hydrogen) atoms. The third kappa shape index (κ3) is 6.13. The van der Waals surface area contributed by atoms with Gasteiger partial charge in [0.1, 0.15) is 23.5 Å². The summed E-state index contributed by atoms with van der Waals surface area (Å²) in [4.78, 5) is 50.5. The maximum atomic E-state index is 12.7. The van der Waals surface area contributed by atoms with Crippen LogP contribution in [0.25, 0.3) is 0 Å². The van der Waals surface area contributed by atoms with Gasteiger partial charge in [-0.25, -0.2) is 4.79 Å². The van der Waals surface area contributed by atoms with Gasteiger partial charge in [0, 0.05) is 53.6 Å². The van der Waals surface area contributed by atoms with Crippen molar-refractivity contribution in [1.29, 1.82) is 0 Å². The number of hydrogen-bond acceptors (Lipinski definition) is 7. The lowest BCUT2D eigenvalue weighted by Gasteiger charge is -2.46. The van der Waals surface area contributed by atoms with Crippen molar-refractivity contribution in [2.45, 2.75) is 44.9 Å². The molecule has 3 rings (SSSR count). The van der Waals surface area contributed by atoms with Crippen LogP contribution in [-0.4, -0.2) is 57.0 Å². The highest BCUT2D eigenvalue weighted by Gasteiger charge is 2.52. The highest BCUT2D eigenvalue weighted by atomic mass is 32.2. The molecule has 0 aromatic carbocycles. The van der Waals surface area contributed by atoms with Crippen LogP contribution < -0.4 is 5.32 Å². The van der Waals surface area contributed by atoms with Crippen molar-refractivity contribution in [1.82, 2.24) is 10.2 Å². The largest absolute Gasteiger partial charge is 0.445 e. The smallest absolute Gasteiger partial charge is 0.407 e. The quantitative estimate of drug-likeness (QED) is 0.385. The van der Waals surface area contributed by atoms with Gasteiger partial charge in [-0.2, -0.15) is 0 Å². The van der Waals surface area contributed by atoms with E-state index in [0.29, 0.717) is 25.0 Å². The topological polar surface area (TPSA) is 110 Å². The number of ketones is 2. The lowest BCUT2D eigenvalue weighted by atomic mass is 9.91. The van der Waals surface area contributed by atoms with Gasteiger partial charge in [0.15, 0.2) is 0 Å². The summed E-state index contributed by atoms with van der Waals surface area (Å²) in [5.41, 5.74) is 0.585. The summed E-state index contributed by atoms with van der Waals surface area (Å²) in [7, 11) is -1.36. The van der Waals surface area contributed by atoms with Crippen molar-refractivity contribution in [3.8, 4) is 0 Å². The number of Topliss-reactive ketones (excluding diaryl/α,β-unsaturated/α-hetero) is 2. The van der Waals surface area contributed by atoms with Crippen molar-refractivity contribution >= 4 is 45.7 Å². The first-order chi connectivity index (χ1) is 15.3. The Balaban J connectivity index is 1.42. The number of fused-ring (bicyclic) bond motifs is 1. The Labute approximate surface area is 193 Å². The minimum atomic E-state index is -1.36. The summed E-state index contributed by atoms with van der Waals surface area (Å²) in [6.07, 6.45) is 2.28. The zero-order chi connectivity index (χ0) is 23.3. The van der Waals surface area contributed by atoms with Crippen LogP contribution in [0.5, 0.6) is 0 Å². The SMILES string of the molecule is CC(C)C(=O)CCCNC(=O)OCC1=CN2C(=O)C(CC(=O)Cc3cccs3)C2S(=O)C1. The number of β-lactam (4-membered cyclic amide) rings is 1. The molecule has 0 saturated carbocycles. The normalized spacial score (nSPS) is 22.1.